The van der Waals surface area contributed by atoms with Crippen LogP contribution in [0, 0.1) is 17.6 Å². The van der Waals surface area contributed by atoms with Gasteiger partial charge in [0.1, 0.15) is 0 Å². The molecule has 1 aromatic rings. The minimum absolute atomic E-state index is 0.226. The Bertz CT molecular complexity index is 584. The second-order valence-electron chi connectivity index (χ2n) is 4.59. The van der Waals surface area contributed by atoms with E-state index in [4.69, 9.17) is 5.11 Å². The van der Waals surface area contributed by atoms with Crippen LogP contribution in [0.25, 0.3) is 0 Å². The number of anilines is 1. The maximum absolute atomic E-state index is 13.2. The van der Waals surface area contributed by atoms with Gasteiger partial charge >= 0.3 is 5.97 Å². The first-order chi connectivity index (χ1) is 9.49. The van der Waals surface area contributed by atoms with Crippen LogP contribution in [0.3, 0.4) is 0 Å². The van der Waals surface area contributed by atoms with Crippen LogP contribution in [0.2, 0.25) is 0 Å². The third-order valence-corrected chi connectivity index (χ3v) is 3.19. The normalized spacial score (nSPS) is 17.8. The molecule has 0 saturated heterocycles. The highest BCUT2D eigenvalue weighted by molar-refractivity contribution is 6.01. The Balaban J connectivity index is 2.23. The Morgan fingerprint density at radius 1 is 1.20 bits per heavy atom. The molecule has 6 heteroatoms. The van der Waals surface area contributed by atoms with Gasteiger partial charge in [-0.25, -0.2) is 13.6 Å². The Labute approximate surface area is 114 Å². The lowest BCUT2D eigenvalue weighted by Crippen LogP contribution is -2.24. The topological polar surface area (TPSA) is 66.4 Å². The number of allylic oxidation sites excluding steroid dienone is 2. The van der Waals surface area contributed by atoms with E-state index in [1.54, 1.807) is 0 Å². The van der Waals surface area contributed by atoms with Crippen molar-refractivity contribution in [2.24, 2.45) is 5.92 Å². The summed E-state index contributed by atoms with van der Waals surface area (Å²) in [5.74, 6) is -4.56. The zero-order chi connectivity index (χ0) is 14.7. The molecular weight excluding hydrogens is 268 g/mol. The van der Waals surface area contributed by atoms with Gasteiger partial charge in [-0.3, -0.25) is 4.79 Å². The number of hydrogen-bond donors (Lipinski definition) is 2. The third kappa shape index (κ3) is 3.01. The Kier molecular flexibility index (Phi) is 4.12. The predicted molar refractivity (Wildman–Crippen MR) is 68.4 cm³/mol. The average Bonchev–Trinajstić information content (AvgIpc) is 2.43. The van der Waals surface area contributed by atoms with Crippen molar-refractivity contribution in [2.45, 2.75) is 19.3 Å². The SMILES string of the molecule is O=C(O)c1cc(F)c(F)cc1NC(=O)C1CC=CCC1. The van der Waals surface area contributed by atoms with Crippen LogP contribution in [0.15, 0.2) is 24.3 Å². The smallest absolute Gasteiger partial charge is 0.337 e. The summed E-state index contributed by atoms with van der Waals surface area (Å²) in [4.78, 5) is 23.0. The van der Waals surface area contributed by atoms with Crippen LogP contribution < -0.4 is 5.32 Å². The number of rotatable bonds is 3. The van der Waals surface area contributed by atoms with E-state index in [0.717, 1.165) is 6.42 Å². The number of carboxylic acids is 1. The number of amides is 1. The molecule has 2 rings (SSSR count). The van der Waals surface area contributed by atoms with Gasteiger partial charge in [0.15, 0.2) is 11.6 Å². The molecule has 0 bridgehead atoms. The first kappa shape index (κ1) is 14.2. The van der Waals surface area contributed by atoms with Crippen molar-refractivity contribution in [3.05, 3.63) is 41.5 Å². The highest BCUT2D eigenvalue weighted by atomic mass is 19.2. The highest BCUT2D eigenvalue weighted by Crippen LogP contribution is 2.24. The summed E-state index contributed by atoms with van der Waals surface area (Å²) in [6.45, 7) is 0. The van der Waals surface area contributed by atoms with Crippen LogP contribution in [0.4, 0.5) is 14.5 Å². The first-order valence-electron chi connectivity index (χ1n) is 6.17. The van der Waals surface area contributed by atoms with Crippen LogP contribution >= 0.6 is 0 Å². The monoisotopic (exact) mass is 281 g/mol. The molecule has 4 nitrogen and oxygen atoms in total. The Morgan fingerprint density at radius 2 is 1.90 bits per heavy atom. The standard InChI is InChI=1S/C14H13F2NO3/c15-10-6-9(14(19)20)12(7-11(10)16)17-13(18)8-4-2-1-3-5-8/h1-2,6-8H,3-5H2,(H,17,18)(H,19,20). The predicted octanol–water partition coefficient (Wildman–Crippen LogP) is 2.96. The molecule has 0 aliphatic heterocycles. The van der Waals surface area contributed by atoms with Gasteiger partial charge in [0.25, 0.3) is 0 Å². The summed E-state index contributed by atoms with van der Waals surface area (Å²) < 4.78 is 26.2. The van der Waals surface area contributed by atoms with Crippen LogP contribution in [0.5, 0.6) is 0 Å². The van der Waals surface area contributed by atoms with E-state index < -0.39 is 23.2 Å². The van der Waals surface area contributed by atoms with Gasteiger partial charge < -0.3 is 10.4 Å². The average molecular weight is 281 g/mol. The molecule has 0 spiro atoms. The number of carbonyl (C=O) groups excluding carboxylic acids is 1. The van der Waals surface area contributed by atoms with Crippen LogP contribution in [-0.2, 0) is 4.79 Å². The second-order valence-corrected chi connectivity index (χ2v) is 4.59. The number of aromatic carboxylic acids is 1. The molecule has 1 aliphatic rings. The fraction of sp³-hybridized carbons (Fsp3) is 0.286. The lowest BCUT2D eigenvalue weighted by atomic mass is 9.93. The third-order valence-electron chi connectivity index (χ3n) is 3.19. The number of hydrogen-bond acceptors (Lipinski definition) is 2. The van der Waals surface area contributed by atoms with Gasteiger partial charge in [0.05, 0.1) is 11.3 Å². The summed E-state index contributed by atoms with van der Waals surface area (Å²) in [5, 5.41) is 11.3. The molecule has 1 aliphatic carbocycles. The lowest BCUT2D eigenvalue weighted by molar-refractivity contribution is -0.120. The van der Waals surface area contributed by atoms with Gasteiger partial charge in [0, 0.05) is 12.0 Å². The maximum Gasteiger partial charge on any atom is 0.337 e. The number of halogens is 2. The van der Waals surface area contributed by atoms with Crippen molar-refractivity contribution in [3.63, 3.8) is 0 Å². The van der Waals surface area contributed by atoms with E-state index >= 15 is 0 Å². The molecule has 0 aromatic heterocycles. The lowest BCUT2D eigenvalue weighted by Gasteiger charge is -2.18. The number of benzene rings is 1. The van der Waals surface area contributed by atoms with E-state index in [1.165, 1.54) is 0 Å². The molecule has 1 atom stereocenters. The maximum atomic E-state index is 13.2. The Hall–Kier alpha value is -2.24. The molecular formula is C14H13F2NO3. The summed E-state index contributed by atoms with van der Waals surface area (Å²) in [7, 11) is 0. The van der Waals surface area contributed by atoms with Gasteiger partial charge in [-0.05, 0) is 25.3 Å². The van der Waals surface area contributed by atoms with E-state index in [9.17, 15) is 18.4 Å². The minimum atomic E-state index is -1.43. The van der Waals surface area contributed by atoms with Crippen LogP contribution in [0.1, 0.15) is 29.6 Å². The van der Waals surface area contributed by atoms with E-state index in [1.807, 2.05) is 12.2 Å². The molecule has 1 unspecified atom stereocenters. The summed E-state index contributed by atoms with van der Waals surface area (Å²) in [5.41, 5.74) is -0.695. The van der Waals surface area contributed by atoms with Gasteiger partial charge in [-0.1, -0.05) is 12.2 Å². The summed E-state index contributed by atoms with van der Waals surface area (Å²) in [6.07, 6.45) is 5.80. The number of carbonyl (C=O) groups is 2. The fourth-order valence-corrected chi connectivity index (χ4v) is 2.09. The fourth-order valence-electron chi connectivity index (χ4n) is 2.09. The molecule has 2 N–H and O–H groups in total. The van der Waals surface area contributed by atoms with Gasteiger partial charge in [-0.15, -0.1) is 0 Å². The highest BCUT2D eigenvalue weighted by Gasteiger charge is 2.22. The molecule has 0 radical (unpaired) electrons. The second kappa shape index (κ2) is 5.81. The zero-order valence-corrected chi connectivity index (χ0v) is 10.5. The van der Waals surface area contributed by atoms with Crippen molar-refractivity contribution < 1.29 is 23.5 Å². The van der Waals surface area contributed by atoms with Crippen molar-refractivity contribution in [1.82, 2.24) is 0 Å². The zero-order valence-electron chi connectivity index (χ0n) is 10.5. The van der Waals surface area contributed by atoms with E-state index in [2.05, 4.69) is 5.32 Å². The number of carboxylic acid groups (broad SMARTS) is 1. The summed E-state index contributed by atoms with van der Waals surface area (Å²) >= 11 is 0. The quantitative estimate of drug-likeness (QED) is 0.837. The molecule has 0 heterocycles. The molecule has 20 heavy (non-hydrogen) atoms. The molecule has 1 amide bonds. The van der Waals surface area contributed by atoms with Crippen molar-refractivity contribution in [3.8, 4) is 0 Å². The minimum Gasteiger partial charge on any atom is -0.478 e. The van der Waals surface area contributed by atoms with Crippen molar-refractivity contribution in [2.75, 3.05) is 5.32 Å². The Morgan fingerprint density at radius 3 is 2.50 bits per heavy atom. The van der Waals surface area contributed by atoms with Gasteiger partial charge in [-0.2, -0.15) is 0 Å². The van der Waals surface area contributed by atoms with Crippen molar-refractivity contribution >= 4 is 17.6 Å². The molecule has 0 saturated carbocycles. The van der Waals surface area contributed by atoms with Crippen LogP contribution in [-0.4, -0.2) is 17.0 Å². The summed E-state index contributed by atoms with van der Waals surface area (Å²) in [6, 6.07) is 1.25. The molecule has 0 fully saturated rings. The molecule has 106 valence electrons. The number of nitrogens with one attached hydrogen (secondary N) is 1. The largest absolute Gasteiger partial charge is 0.478 e. The first-order valence-corrected chi connectivity index (χ1v) is 6.17. The van der Waals surface area contributed by atoms with Gasteiger partial charge in [0.2, 0.25) is 5.91 Å². The molecule has 1 aromatic carbocycles. The van der Waals surface area contributed by atoms with Crippen molar-refractivity contribution in [1.29, 1.82) is 0 Å². The van der Waals surface area contributed by atoms with E-state index in [-0.39, 0.29) is 17.5 Å². The van der Waals surface area contributed by atoms with E-state index in [0.29, 0.717) is 25.0 Å².